The topological polar surface area (TPSA) is 63.0 Å². The van der Waals surface area contributed by atoms with E-state index in [1.807, 2.05) is 31.2 Å². The van der Waals surface area contributed by atoms with Gasteiger partial charge in [0.1, 0.15) is 18.1 Å². The van der Waals surface area contributed by atoms with Crippen molar-refractivity contribution in [1.82, 2.24) is 9.80 Å². The SMILES string of the molecule is CCOCCCN(CC(=O)N(Cc1ccc(F)cc1)Cc1ccco1)C(=O)c1ccc(C(C)(C)C)cc1. The normalized spacial score (nSPS) is 11.4. The van der Waals surface area contributed by atoms with E-state index in [1.165, 1.54) is 12.1 Å². The summed E-state index contributed by atoms with van der Waals surface area (Å²) in [5, 5.41) is 0. The molecule has 198 valence electrons. The Kier molecular flexibility index (Phi) is 10.0. The zero-order chi connectivity index (χ0) is 26.8. The van der Waals surface area contributed by atoms with Gasteiger partial charge in [-0.1, -0.05) is 45.0 Å². The molecule has 3 aromatic rings. The van der Waals surface area contributed by atoms with Crippen LogP contribution >= 0.6 is 0 Å². The number of amides is 2. The van der Waals surface area contributed by atoms with Crippen LogP contribution in [-0.4, -0.2) is 47.9 Å². The van der Waals surface area contributed by atoms with Crippen molar-refractivity contribution in [2.75, 3.05) is 26.3 Å². The fourth-order valence-electron chi connectivity index (χ4n) is 3.95. The van der Waals surface area contributed by atoms with Crippen LogP contribution in [0.15, 0.2) is 71.3 Å². The molecule has 0 fully saturated rings. The van der Waals surface area contributed by atoms with E-state index in [-0.39, 0.29) is 42.7 Å². The van der Waals surface area contributed by atoms with Gasteiger partial charge in [0.15, 0.2) is 0 Å². The van der Waals surface area contributed by atoms with Gasteiger partial charge in [0.2, 0.25) is 5.91 Å². The van der Waals surface area contributed by atoms with Crippen molar-refractivity contribution in [3.05, 3.63) is 95.2 Å². The number of halogens is 1. The number of hydrogen-bond acceptors (Lipinski definition) is 4. The Bertz CT molecular complexity index is 1120. The predicted molar refractivity (Wildman–Crippen MR) is 142 cm³/mol. The number of benzene rings is 2. The summed E-state index contributed by atoms with van der Waals surface area (Å²) in [6.07, 6.45) is 2.17. The van der Waals surface area contributed by atoms with Gasteiger partial charge in [-0.15, -0.1) is 0 Å². The molecule has 2 aromatic carbocycles. The number of nitrogens with zero attached hydrogens (tertiary/aromatic N) is 2. The molecule has 1 aromatic heterocycles. The Labute approximate surface area is 219 Å². The maximum absolute atomic E-state index is 13.5. The average molecular weight is 509 g/mol. The Morgan fingerprint density at radius 1 is 0.946 bits per heavy atom. The maximum atomic E-state index is 13.5. The van der Waals surface area contributed by atoms with Crippen LogP contribution in [0.2, 0.25) is 0 Å². The number of ether oxygens (including phenoxy) is 1. The van der Waals surface area contributed by atoms with Crippen LogP contribution in [0.1, 0.15) is 61.4 Å². The van der Waals surface area contributed by atoms with Crippen molar-refractivity contribution in [1.29, 1.82) is 0 Å². The second-order valence-corrected chi connectivity index (χ2v) is 10.1. The molecule has 1 heterocycles. The number of furan rings is 1. The maximum Gasteiger partial charge on any atom is 0.254 e. The first kappa shape index (κ1) is 28.1. The minimum atomic E-state index is -0.337. The van der Waals surface area contributed by atoms with Crippen LogP contribution in [0.5, 0.6) is 0 Å². The zero-order valence-corrected chi connectivity index (χ0v) is 22.2. The monoisotopic (exact) mass is 508 g/mol. The van der Waals surface area contributed by atoms with Gasteiger partial charge in [-0.2, -0.15) is 0 Å². The van der Waals surface area contributed by atoms with E-state index < -0.39 is 0 Å². The van der Waals surface area contributed by atoms with Crippen LogP contribution in [0.4, 0.5) is 4.39 Å². The summed E-state index contributed by atoms with van der Waals surface area (Å²) in [7, 11) is 0. The van der Waals surface area contributed by atoms with E-state index in [0.29, 0.717) is 37.5 Å². The molecule has 0 radical (unpaired) electrons. The summed E-state index contributed by atoms with van der Waals surface area (Å²) < 4.78 is 24.4. The second-order valence-electron chi connectivity index (χ2n) is 10.1. The summed E-state index contributed by atoms with van der Waals surface area (Å²) >= 11 is 0. The number of rotatable bonds is 12. The Morgan fingerprint density at radius 3 is 2.24 bits per heavy atom. The highest BCUT2D eigenvalue weighted by molar-refractivity contribution is 5.96. The van der Waals surface area contributed by atoms with Crippen molar-refractivity contribution in [2.45, 2.75) is 52.6 Å². The molecule has 0 spiro atoms. The molecule has 37 heavy (non-hydrogen) atoms. The van der Waals surface area contributed by atoms with E-state index in [0.717, 1.165) is 11.1 Å². The second kappa shape index (κ2) is 13.2. The molecule has 0 atom stereocenters. The third kappa shape index (κ3) is 8.57. The van der Waals surface area contributed by atoms with Gasteiger partial charge >= 0.3 is 0 Å². The zero-order valence-electron chi connectivity index (χ0n) is 22.2. The molecular weight excluding hydrogens is 471 g/mol. The lowest BCUT2D eigenvalue weighted by atomic mass is 9.86. The lowest BCUT2D eigenvalue weighted by Crippen LogP contribution is -2.43. The molecule has 0 N–H and O–H groups in total. The lowest BCUT2D eigenvalue weighted by Gasteiger charge is -2.28. The molecule has 0 unspecified atom stereocenters. The van der Waals surface area contributed by atoms with E-state index in [1.54, 1.807) is 40.3 Å². The molecule has 0 aliphatic carbocycles. The first-order valence-electron chi connectivity index (χ1n) is 12.7. The van der Waals surface area contributed by atoms with Crippen molar-refractivity contribution in [3.63, 3.8) is 0 Å². The third-order valence-electron chi connectivity index (χ3n) is 6.10. The Balaban J connectivity index is 1.80. The minimum absolute atomic E-state index is 0.0264. The van der Waals surface area contributed by atoms with Crippen LogP contribution in [0.3, 0.4) is 0 Å². The van der Waals surface area contributed by atoms with Gasteiger partial charge in [-0.3, -0.25) is 9.59 Å². The fourth-order valence-corrected chi connectivity index (χ4v) is 3.95. The Hall–Kier alpha value is -3.45. The van der Waals surface area contributed by atoms with Crippen LogP contribution in [0, 0.1) is 5.82 Å². The third-order valence-corrected chi connectivity index (χ3v) is 6.10. The highest BCUT2D eigenvalue weighted by Crippen LogP contribution is 2.23. The van der Waals surface area contributed by atoms with Gasteiger partial charge < -0.3 is 19.0 Å². The van der Waals surface area contributed by atoms with Gasteiger partial charge in [-0.05, 0) is 66.3 Å². The van der Waals surface area contributed by atoms with Crippen LogP contribution in [0.25, 0.3) is 0 Å². The smallest absolute Gasteiger partial charge is 0.254 e. The van der Waals surface area contributed by atoms with E-state index in [4.69, 9.17) is 9.15 Å². The minimum Gasteiger partial charge on any atom is -0.467 e. The lowest BCUT2D eigenvalue weighted by molar-refractivity contribution is -0.133. The Morgan fingerprint density at radius 2 is 1.65 bits per heavy atom. The first-order valence-corrected chi connectivity index (χ1v) is 12.7. The van der Waals surface area contributed by atoms with Crippen molar-refractivity contribution in [2.24, 2.45) is 0 Å². The molecule has 6 nitrogen and oxygen atoms in total. The van der Waals surface area contributed by atoms with Crippen molar-refractivity contribution >= 4 is 11.8 Å². The summed E-state index contributed by atoms with van der Waals surface area (Å²) in [5.41, 5.74) is 2.43. The molecule has 0 aliphatic rings. The average Bonchev–Trinajstić information content (AvgIpc) is 3.39. The van der Waals surface area contributed by atoms with Crippen molar-refractivity contribution in [3.8, 4) is 0 Å². The molecule has 0 aliphatic heterocycles. The molecule has 7 heteroatoms. The van der Waals surface area contributed by atoms with Gasteiger partial charge in [0, 0.05) is 31.9 Å². The molecular formula is C30H37FN2O4. The fraction of sp³-hybridized carbons (Fsp3) is 0.400. The molecule has 0 saturated carbocycles. The molecule has 0 bridgehead atoms. The van der Waals surface area contributed by atoms with Crippen LogP contribution in [-0.2, 0) is 28.0 Å². The molecule has 3 rings (SSSR count). The molecule has 0 saturated heterocycles. The number of hydrogen-bond donors (Lipinski definition) is 0. The van der Waals surface area contributed by atoms with E-state index >= 15 is 0 Å². The quantitative estimate of drug-likeness (QED) is 0.290. The summed E-state index contributed by atoms with van der Waals surface area (Å²) in [5.74, 6) is -0.138. The summed E-state index contributed by atoms with van der Waals surface area (Å²) in [4.78, 5) is 30.2. The standard InChI is InChI=1S/C30H37FN2O4/c1-5-36-18-7-17-32(29(35)24-11-13-25(14-12-24)30(2,3)4)22-28(34)33(21-27-8-6-19-37-27)20-23-9-15-26(31)16-10-23/h6,8-16,19H,5,7,17-18,20-22H2,1-4H3. The largest absolute Gasteiger partial charge is 0.467 e. The summed E-state index contributed by atoms with van der Waals surface area (Å²) in [6.45, 7) is 10.2. The van der Waals surface area contributed by atoms with Gasteiger partial charge in [0.25, 0.3) is 5.91 Å². The van der Waals surface area contributed by atoms with Crippen molar-refractivity contribution < 1.29 is 23.1 Å². The van der Waals surface area contributed by atoms with Gasteiger partial charge in [-0.25, -0.2) is 4.39 Å². The first-order chi connectivity index (χ1) is 17.7. The highest BCUT2D eigenvalue weighted by atomic mass is 19.1. The molecule has 2 amide bonds. The summed E-state index contributed by atoms with van der Waals surface area (Å²) in [6, 6.07) is 17.2. The number of carbonyl (C=O) groups is 2. The highest BCUT2D eigenvalue weighted by Gasteiger charge is 2.24. The van der Waals surface area contributed by atoms with Gasteiger partial charge in [0.05, 0.1) is 12.8 Å². The predicted octanol–water partition coefficient (Wildman–Crippen LogP) is 5.81. The van der Waals surface area contributed by atoms with E-state index in [2.05, 4.69) is 20.8 Å². The van der Waals surface area contributed by atoms with E-state index in [9.17, 15) is 14.0 Å². The number of carbonyl (C=O) groups excluding carboxylic acids is 2. The van der Waals surface area contributed by atoms with Crippen LogP contribution < -0.4 is 0 Å².